The molecular weight excluding hydrogens is 511 g/mol. The quantitative estimate of drug-likeness (QED) is 0.306. The number of ether oxygens (including phenoxy) is 4. The van der Waals surface area contributed by atoms with Crippen molar-refractivity contribution in [1.82, 2.24) is 10.6 Å². The molecular formula is C20H24F2IN3O4. The maximum absolute atomic E-state index is 12.7. The van der Waals surface area contributed by atoms with Crippen LogP contribution in [-0.4, -0.2) is 40.1 Å². The molecule has 0 saturated heterocycles. The van der Waals surface area contributed by atoms with Gasteiger partial charge >= 0.3 is 6.61 Å². The standard InChI is InChI=1S/C20H23F2N3O4.HI/c1-23-20(24-7-6-13-4-3-5-15(8-13)26-2)25-11-14-9-17-18(28-12-27-17)10-16(14)29-19(21)22;/h3-5,8-10,19H,6-7,11-12H2,1-2H3,(H2,23,24,25);1H. The van der Waals surface area contributed by atoms with Gasteiger partial charge in [0.25, 0.3) is 0 Å². The van der Waals surface area contributed by atoms with Crippen molar-refractivity contribution in [2.75, 3.05) is 27.5 Å². The maximum atomic E-state index is 12.7. The van der Waals surface area contributed by atoms with Crippen LogP contribution in [0.15, 0.2) is 41.4 Å². The van der Waals surface area contributed by atoms with Crippen LogP contribution in [0.4, 0.5) is 8.78 Å². The first kappa shape index (κ1) is 23.8. The molecule has 10 heteroatoms. The van der Waals surface area contributed by atoms with E-state index in [-0.39, 0.29) is 43.1 Å². The second-order valence-electron chi connectivity index (χ2n) is 6.15. The monoisotopic (exact) mass is 535 g/mol. The van der Waals surface area contributed by atoms with Crippen molar-refractivity contribution in [3.63, 3.8) is 0 Å². The minimum atomic E-state index is -2.94. The van der Waals surface area contributed by atoms with Gasteiger partial charge in [-0.3, -0.25) is 4.99 Å². The Hall–Kier alpha value is -2.50. The van der Waals surface area contributed by atoms with E-state index in [1.54, 1.807) is 20.2 Å². The highest BCUT2D eigenvalue weighted by atomic mass is 127. The second-order valence-corrected chi connectivity index (χ2v) is 6.15. The molecule has 3 rings (SSSR count). The SMILES string of the molecule is CN=C(NCCc1cccc(OC)c1)NCc1cc2c(cc1OC(F)F)OCO2.I. The highest BCUT2D eigenvalue weighted by Crippen LogP contribution is 2.38. The predicted octanol–water partition coefficient (Wildman–Crippen LogP) is 3.55. The van der Waals surface area contributed by atoms with E-state index in [0.29, 0.717) is 29.6 Å². The highest BCUT2D eigenvalue weighted by molar-refractivity contribution is 14.0. The molecule has 0 aromatic heterocycles. The van der Waals surface area contributed by atoms with Gasteiger partial charge in [0.2, 0.25) is 6.79 Å². The third kappa shape index (κ3) is 6.51. The molecule has 1 aliphatic rings. The van der Waals surface area contributed by atoms with Crippen molar-refractivity contribution in [2.24, 2.45) is 4.99 Å². The average Bonchev–Trinajstić information content (AvgIpc) is 3.17. The molecule has 2 aromatic carbocycles. The Kier molecular flexibility index (Phi) is 9.21. The summed E-state index contributed by atoms with van der Waals surface area (Å²) in [6.07, 6.45) is 0.766. The first-order valence-electron chi connectivity index (χ1n) is 9.04. The van der Waals surface area contributed by atoms with Crippen LogP contribution in [0.5, 0.6) is 23.0 Å². The van der Waals surface area contributed by atoms with Gasteiger partial charge in [0, 0.05) is 31.8 Å². The van der Waals surface area contributed by atoms with E-state index in [2.05, 4.69) is 20.4 Å². The van der Waals surface area contributed by atoms with Crippen molar-refractivity contribution >= 4 is 29.9 Å². The number of methoxy groups -OCH3 is 1. The number of nitrogens with one attached hydrogen (secondary N) is 2. The van der Waals surface area contributed by atoms with Crippen LogP contribution in [0.2, 0.25) is 0 Å². The zero-order chi connectivity index (χ0) is 20.6. The number of nitrogens with zero attached hydrogens (tertiary/aromatic N) is 1. The molecule has 164 valence electrons. The van der Waals surface area contributed by atoms with E-state index in [0.717, 1.165) is 17.7 Å². The number of hydrogen-bond donors (Lipinski definition) is 2. The molecule has 7 nitrogen and oxygen atoms in total. The number of alkyl halides is 2. The minimum absolute atomic E-state index is 0. The van der Waals surface area contributed by atoms with E-state index in [1.807, 2.05) is 24.3 Å². The van der Waals surface area contributed by atoms with Crippen LogP contribution in [0.1, 0.15) is 11.1 Å². The maximum Gasteiger partial charge on any atom is 0.387 e. The number of fused-ring (bicyclic) bond motifs is 1. The summed E-state index contributed by atoms with van der Waals surface area (Å²) in [5.41, 5.74) is 1.63. The summed E-state index contributed by atoms with van der Waals surface area (Å²) in [6.45, 7) is -2.03. The molecule has 1 heterocycles. The molecule has 0 atom stereocenters. The van der Waals surface area contributed by atoms with Gasteiger partial charge in [-0.1, -0.05) is 12.1 Å². The summed E-state index contributed by atoms with van der Waals surface area (Å²) in [5, 5.41) is 6.28. The molecule has 0 fully saturated rings. The van der Waals surface area contributed by atoms with Gasteiger partial charge < -0.3 is 29.6 Å². The van der Waals surface area contributed by atoms with Gasteiger partial charge in [-0.2, -0.15) is 8.78 Å². The Morgan fingerprint density at radius 3 is 2.63 bits per heavy atom. The topological polar surface area (TPSA) is 73.3 Å². The zero-order valence-corrected chi connectivity index (χ0v) is 18.9. The lowest BCUT2D eigenvalue weighted by Gasteiger charge is -2.15. The first-order chi connectivity index (χ1) is 14.1. The van der Waals surface area contributed by atoms with Gasteiger partial charge in [-0.15, -0.1) is 24.0 Å². The summed E-state index contributed by atoms with van der Waals surface area (Å²) in [5.74, 6) is 2.24. The van der Waals surface area contributed by atoms with E-state index in [4.69, 9.17) is 14.2 Å². The number of benzene rings is 2. The lowest BCUT2D eigenvalue weighted by molar-refractivity contribution is -0.0505. The van der Waals surface area contributed by atoms with Crippen LogP contribution in [-0.2, 0) is 13.0 Å². The summed E-state index contributed by atoms with van der Waals surface area (Å²) in [4.78, 5) is 4.16. The summed E-state index contributed by atoms with van der Waals surface area (Å²) in [6, 6.07) is 10.8. The lowest BCUT2D eigenvalue weighted by Crippen LogP contribution is -2.38. The van der Waals surface area contributed by atoms with Crippen molar-refractivity contribution in [3.8, 4) is 23.0 Å². The Morgan fingerprint density at radius 2 is 1.93 bits per heavy atom. The molecule has 30 heavy (non-hydrogen) atoms. The van der Waals surface area contributed by atoms with Crippen molar-refractivity contribution in [3.05, 3.63) is 47.5 Å². The molecule has 2 aromatic rings. The lowest BCUT2D eigenvalue weighted by atomic mass is 10.1. The third-order valence-electron chi connectivity index (χ3n) is 4.28. The molecule has 0 saturated carbocycles. The smallest absolute Gasteiger partial charge is 0.387 e. The summed E-state index contributed by atoms with van der Waals surface area (Å²) < 4.78 is 45.9. The first-order valence-corrected chi connectivity index (χ1v) is 9.04. The molecule has 0 spiro atoms. The molecule has 0 unspecified atom stereocenters. The van der Waals surface area contributed by atoms with Crippen LogP contribution >= 0.6 is 24.0 Å². The fourth-order valence-corrected chi connectivity index (χ4v) is 2.86. The van der Waals surface area contributed by atoms with Gasteiger partial charge in [-0.25, -0.2) is 0 Å². The second kappa shape index (κ2) is 11.6. The van der Waals surface area contributed by atoms with E-state index < -0.39 is 6.61 Å². The summed E-state index contributed by atoms with van der Waals surface area (Å²) >= 11 is 0. The van der Waals surface area contributed by atoms with Crippen LogP contribution in [0, 0.1) is 0 Å². The summed E-state index contributed by atoms with van der Waals surface area (Å²) in [7, 11) is 3.27. The Balaban J connectivity index is 0.00000320. The molecule has 1 aliphatic heterocycles. The fraction of sp³-hybridized carbons (Fsp3) is 0.350. The van der Waals surface area contributed by atoms with Crippen LogP contribution < -0.4 is 29.6 Å². The van der Waals surface area contributed by atoms with Gasteiger partial charge in [0.05, 0.1) is 7.11 Å². The van der Waals surface area contributed by atoms with E-state index in [1.165, 1.54) is 6.07 Å². The number of halogens is 3. The molecule has 2 N–H and O–H groups in total. The van der Waals surface area contributed by atoms with Crippen molar-refractivity contribution in [2.45, 2.75) is 19.6 Å². The zero-order valence-electron chi connectivity index (χ0n) is 16.6. The number of aliphatic imine (C=N–C) groups is 1. The normalized spacial score (nSPS) is 12.4. The third-order valence-corrected chi connectivity index (χ3v) is 4.28. The Labute approximate surface area is 190 Å². The Bertz CT molecular complexity index is 868. The van der Waals surface area contributed by atoms with Crippen molar-refractivity contribution < 1.29 is 27.7 Å². The van der Waals surface area contributed by atoms with Gasteiger partial charge in [0.1, 0.15) is 11.5 Å². The molecule has 0 aliphatic carbocycles. The van der Waals surface area contributed by atoms with E-state index in [9.17, 15) is 8.78 Å². The predicted molar refractivity (Wildman–Crippen MR) is 120 cm³/mol. The average molecular weight is 535 g/mol. The molecule has 0 amide bonds. The number of hydrogen-bond acceptors (Lipinski definition) is 5. The minimum Gasteiger partial charge on any atom is -0.497 e. The largest absolute Gasteiger partial charge is 0.497 e. The fourth-order valence-electron chi connectivity index (χ4n) is 2.86. The molecule has 0 bridgehead atoms. The van der Waals surface area contributed by atoms with E-state index >= 15 is 0 Å². The molecule has 0 radical (unpaired) electrons. The number of guanidine groups is 1. The highest BCUT2D eigenvalue weighted by Gasteiger charge is 2.20. The number of rotatable bonds is 8. The van der Waals surface area contributed by atoms with Gasteiger partial charge in [0.15, 0.2) is 17.5 Å². The van der Waals surface area contributed by atoms with Gasteiger partial charge in [-0.05, 0) is 30.2 Å². The van der Waals surface area contributed by atoms with Crippen molar-refractivity contribution in [1.29, 1.82) is 0 Å². The van der Waals surface area contributed by atoms with Crippen LogP contribution in [0.3, 0.4) is 0 Å². The Morgan fingerprint density at radius 1 is 1.17 bits per heavy atom. The van der Waals surface area contributed by atoms with Crippen LogP contribution in [0.25, 0.3) is 0 Å².